The Morgan fingerprint density at radius 1 is 1.53 bits per heavy atom. The molecule has 1 aliphatic rings. The molecule has 1 aromatic carbocycles. The molecule has 0 aliphatic carbocycles. The minimum Gasteiger partial charge on any atom is -0.397 e. The van der Waals surface area contributed by atoms with Crippen molar-refractivity contribution in [2.75, 3.05) is 30.8 Å². The maximum atomic E-state index is 13.2. The average molecular weight is 303 g/mol. The quantitative estimate of drug-likeness (QED) is 0.844. The van der Waals surface area contributed by atoms with Gasteiger partial charge in [-0.15, -0.1) is 0 Å². The highest BCUT2D eigenvalue weighted by Crippen LogP contribution is 2.27. The van der Waals surface area contributed by atoms with Crippen LogP contribution in [0.3, 0.4) is 0 Å². The van der Waals surface area contributed by atoms with E-state index in [1.165, 1.54) is 6.07 Å². The highest BCUT2D eigenvalue weighted by Gasteiger charge is 2.14. The van der Waals surface area contributed by atoms with E-state index in [9.17, 15) is 4.39 Å². The van der Waals surface area contributed by atoms with Crippen LogP contribution in [0.25, 0.3) is 0 Å². The molecule has 0 amide bonds. The molecule has 2 rings (SSSR count). The third-order valence-electron chi connectivity index (χ3n) is 2.93. The molecule has 0 saturated carbocycles. The van der Waals surface area contributed by atoms with Gasteiger partial charge in [0.15, 0.2) is 0 Å². The average Bonchev–Trinajstić information content (AvgIpc) is 2.33. The summed E-state index contributed by atoms with van der Waals surface area (Å²) in [4.78, 5) is 0. The number of hydrogen-bond acceptors (Lipinski definition) is 3. The van der Waals surface area contributed by atoms with E-state index in [-0.39, 0.29) is 5.82 Å². The van der Waals surface area contributed by atoms with Crippen LogP contribution in [-0.4, -0.2) is 19.8 Å². The summed E-state index contributed by atoms with van der Waals surface area (Å²) in [5.41, 5.74) is 6.95. The third-order valence-corrected chi connectivity index (χ3v) is 3.54. The molecule has 0 spiro atoms. The fourth-order valence-electron chi connectivity index (χ4n) is 1.94. The van der Waals surface area contributed by atoms with Gasteiger partial charge in [-0.2, -0.15) is 0 Å². The zero-order chi connectivity index (χ0) is 12.3. The van der Waals surface area contributed by atoms with Crippen LogP contribution in [0.15, 0.2) is 16.6 Å². The number of benzene rings is 1. The van der Waals surface area contributed by atoms with Gasteiger partial charge in [0.25, 0.3) is 0 Å². The second kappa shape index (κ2) is 5.69. The van der Waals surface area contributed by atoms with Gasteiger partial charge in [0, 0.05) is 19.2 Å². The predicted molar refractivity (Wildman–Crippen MR) is 70.5 cm³/mol. The molecule has 0 bridgehead atoms. The number of rotatable bonds is 3. The van der Waals surface area contributed by atoms with Crippen LogP contribution in [-0.2, 0) is 4.74 Å². The SMILES string of the molecule is Nc1cc(F)c(Br)cc1NCC1CCCOC1. The van der Waals surface area contributed by atoms with Gasteiger partial charge in [-0.25, -0.2) is 4.39 Å². The normalized spacial score (nSPS) is 20.2. The molecule has 0 radical (unpaired) electrons. The van der Waals surface area contributed by atoms with Crippen LogP contribution < -0.4 is 11.1 Å². The summed E-state index contributed by atoms with van der Waals surface area (Å²) in [6.45, 7) is 2.46. The van der Waals surface area contributed by atoms with E-state index in [0.29, 0.717) is 16.1 Å². The molecular formula is C12H16BrFN2O. The van der Waals surface area contributed by atoms with Gasteiger partial charge in [0.1, 0.15) is 5.82 Å². The number of nitrogen functional groups attached to an aromatic ring is 1. The van der Waals surface area contributed by atoms with Gasteiger partial charge >= 0.3 is 0 Å². The minimum absolute atomic E-state index is 0.339. The number of hydrogen-bond donors (Lipinski definition) is 2. The molecule has 17 heavy (non-hydrogen) atoms. The van der Waals surface area contributed by atoms with Gasteiger partial charge in [-0.1, -0.05) is 0 Å². The predicted octanol–water partition coefficient (Wildman–Crippen LogP) is 3.01. The van der Waals surface area contributed by atoms with E-state index in [0.717, 1.165) is 38.3 Å². The Balaban J connectivity index is 1.96. The van der Waals surface area contributed by atoms with Crippen molar-refractivity contribution in [1.29, 1.82) is 0 Å². The highest BCUT2D eigenvalue weighted by atomic mass is 79.9. The molecule has 0 aromatic heterocycles. The van der Waals surface area contributed by atoms with Crippen molar-refractivity contribution in [2.45, 2.75) is 12.8 Å². The van der Waals surface area contributed by atoms with E-state index in [1.54, 1.807) is 6.07 Å². The first-order valence-electron chi connectivity index (χ1n) is 5.73. The molecule has 1 aliphatic heterocycles. The topological polar surface area (TPSA) is 47.3 Å². The fourth-order valence-corrected chi connectivity index (χ4v) is 2.28. The molecule has 94 valence electrons. The Kier molecular flexibility index (Phi) is 4.23. The maximum Gasteiger partial charge on any atom is 0.139 e. The van der Waals surface area contributed by atoms with Crippen molar-refractivity contribution in [3.05, 3.63) is 22.4 Å². The number of ether oxygens (including phenoxy) is 1. The summed E-state index contributed by atoms with van der Waals surface area (Å²) in [6, 6.07) is 3.00. The molecule has 1 heterocycles. The fraction of sp³-hybridized carbons (Fsp3) is 0.500. The lowest BCUT2D eigenvalue weighted by molar-refractivity contribution is 0.0595. The standard InChI is InChI=1S/C12H16BrFN2O/c13-9-4-12(11(15)5-10(9)14)16-6-8-2-1-3-17-7-8/h4-5,8,16H,1-3,6-7,15H2. The zero-order valence-electron chi connectivity index (χ0n) is 9.51. The lowest BCUT2D eigenvalue weighted by atomic mass is 10.0. The van der Waals surface area contributed by atoms with Gasteiger partial charge in [-0.3, -0.25) is 0 Å². The Labute approximate surface area is 109 Å². The monoisotopic (exact) mass is 302 g/mol. The van der Waals surface area contributed by atoms with Crippen LogP contribution in [0.5, 0.6) is 0 Å². The molecule has 1 aromatic rings. The van der Waals surface area contributed by atoms with Gasteiger partial charge < -0.3 is 15.8 Å². The molecule has 1 fully saturated rings. The zero-order valence-corrected chi connectivity index (χ0v) is 11.1. The van der Waals surface area contributed by atoms with Gasteiger partial charge in [0.2, 0.25) is 0 Å². The lowest BCUT2D eigenvalue weighted by Crippen LogP contribution is -2.24. The summed E-state index contributed by atoms with van der Waals surface area (Å²) in [6.07, 6.45) is 2.27. The smallest absolute Gasteiger partial charge is 0.139 e. The summed E-state index contributed by atoms with van der Waals surface area (Å²) in [7, 11) is 0. The van der Waals surface area contributed by atoms with Crippen molar-refractivity contribution in [3.8, 4) is 0 Å². The number of nitrogens with one attached hydrogen (secondary N) is 1. The van der Waals surface area contributed by atoms with E-state index < -0.39 is 0 Å². The Morgan fingerprint density at radius 2 is 2.35 bits per heavy atom. The summed E-state index contributed by atoms with van der Waals surface area (Å²) < 4.78 is 19.0. The van der Waals surface area contributed by atoms with E-state index in [2.05, 4.69) is 21.2 Å². The van der Waals surface area contributed by atoms with Crippen LogP contribution in [0.1, 0.15) is 12.8 Å². The van der Waals surface area contributed by atoms with Crippen LogP contribution in [0, 0.1) is 11.7 Å². The molecular weight excluding hydrogens is 287 g/mol. The molecule has 3 N–H and O–H groups in total. The Hall–Kier alpha value is -0.810. The first-order chi connectivity index (χ1) is 8.16. The van der Waals surface area contributed by atoms with E-state index >= 15 is 0 Å². The summed E-state index contributed by atoms with van der Waals surface area (Å²) in [5.74, 6) is 0.168. The molecule has 3 nitrogen and oxygen atoms in total. The van der Waals surface area contributed by atoms with Crippen LogP contribution >= 0.6 is 15.9 Å². The highest BCUT2D eigenvalue weighted by molar-refractivity contribution is 9.10. The second-order valence-corrected chi connectivity index (χ2v) is 5.17. The second-order valence-electron chi connectivity index (χ2n) is 4.32. The molecule has 1 unspecified atom stereocenters. The Bertz CT molecular complexity index is 394. The lowest BCUT2D eigenvalue weighted by Gasteiger charge is -2.23. The minimum atomic E-state index is -0.339. The molecule has 1 saturated heterocycles. The molecule has 5 heteroatoms. The van der Waals surface area contributed by atoms with Crippen molar-refractivity contribution >= 4 is 27.3 Å². The third kappa shape index (κ3) is 3.33. The van der Waals surface area contributed by atoms with Crippen LogP contribution in [0.4, 0.5) is 15.8 Å². The first kappa shape index (κ1) is 12.6. The Morgan fingerprint density at radius 3 is 3.06 bits per heavy atom. The van der Waals surface area contributed by atoms with Crippen molar-refractivity contribution in [2.24, 2.45) is 5.92 Å². The van der Waals surface area contributed by atoms with E-state index in [1.807, 2.05) is 0 Å². The summed E-state index contributed by atoms with van der Waals surface area (Å²) >= 11 is 3.15. The van der Waals surface area contributed by atoms with Crippen molar-refractivity contribution in [1.82, 2.24) is 0 Å². The number of halogens is 2. The largest absolute Gasteiger partial charge is 0.397 e. The van der Waals surface area contributed by atoms with E-state index in [4.69, 9.17) is 10.5 Å². The van der Waals surface area contributed by atoms with Gasteiger partial charge in [-0.05, 0) is 40.8 Å². The molecule has 1 atom stereocenters. The number of nitrogens with two attached hydrogens (primary N) is 1. The van der Waals surface area contributed by atoms with Crippen molar-refractivity contribution in [3.63, 3.8) is 0 Å². The summed E-state index contributed by atoms with van der Waals surface area (Å²) in [5, 5.41) is 3.25. The van der Waals surface area contributed by atoms with Crippen molar-refractivity contribution < 1.29 is 9.13 Å². The maximum absolute atomic E-state index is 13.2. The number of anilines is 2. The first-order valence-corrected chi connectivity index (χ1v) is 6.52. The van der Waals surface area contributed by atoms with Crippen LogP contribution in [0.2, 0.25) is 0 Å². The van der Waals surface area contributed by atoms with Gasteiger partial charge in [0.05, 0.1) is 22.5 Å².